The monoisotopic (exact) mass is 749 g/mol. The van der Waals surface area contributed by atoms with Crippen molar-refractivity contribution in [2.75, 3.05) is 13.2 Å². The Morgan fingerprint density at radius 3 is 2.52 bits per heavy atom. The van der Waals surface area contributed by atoms with Crippen molar-refractivity contribution in [2.45, 2.75) is 88.2 Å². The Kier molecular flexibility index (Phi) is 11.4. The average molecular weight is 750 g/mol. The Bertz CT molecular complexity index is 2020. The molecule has 11 nitrogen and oxygen atoms in total. The number of nitrogens with two attached hydrogens (primary N) is 2. The molecular formula is C42H48ClN7O4. The van der Waals surface area contributed by atoms with Crippen LogP contribution in [0.25, 0.3) is 10.8 Å². The quantitative estimate of drug-likeness (QED) is 0.0854. The van der Waals surface area contributed by atoms with Crippen molar-refractivity contribution >= 4 is 46.1 Å². The first-order chi connectivity index (χ1) is 26.2. The molecule has 3 aliphatic heterocycles. The van der Waals surface area contributed by atoms with Crippen molar-refractivity contribution < 1.29 is 19.1 Å². The van der Waals surface area contributed by atoms with Gasteiger partial charge in [-0.3, -0.25) is 24.7 Å². The van der Waals surface area contributed by atoms with Gasteiger partial charge in [0.15, 0.2) is 5.96 Å². The number of benzene rings is 4. The van der Waals surface area contributed by atoms with Crippen molar-refractivity contribution in [1.29, 1.82) is 0 Å². The first-order valence-electron chi connectivity index (χ1n) is 18.8. The van der Waals surface area contributed by atoms with E-state index in [1.54, 1.807) is 4.90 Å². The van der Waals surface area contributed by atoms with Crippen LogP contribution >= 0.6 is 11.6 Å². The van der Waals surface area contributed by atoms with Gasteiger partial charge >= 0.3 is 0 Å². The lowest BCUT2D eigenvalue weighted by atomic mass is 10.0. The molecule has 6 N–H and O–H groups in total. The van der Waals surface area contributed by atoms with Crippen molar-refractivity contribution in [3.05, 3.63) is 113 Å². The van der Waals surface area contributed by atoms with E-state index in [0.29, 0.717) is 50.3 Å². The normalized spacial score (nSPS) is 22.6. The summed E-state index contributed by atoms with van der Waals surface area (Å²) in [6.07, 6.45) is 3.22. The summed E-state index contributed by atoms with van der Waals surface area (Å²) >= 11 is 6.72. The molecule has 54 heavy (non-hydrogen) atoms. The standard InChI is InChI=1S/C42H48ClN7O4/c1-26-13-14-30(33(43)22-26)24-36(48-39(51)35-19-18-34(47-35)28-9-3-2-4-10-28)40(52)50-37(12-7-21-46-42(44)45)41(53)49-31(16-20-38(49)50)25-54-32-17-15-27-8-5-6-11-29(27)23-32/h2-6,8-11,13-15,17,22-23,31,34-38,47H,7,12,16,18-21,24-25H2,1H3,(H,48,51)(H4,44,45,46)/t31?,34?,35?,36-,37?,38?/m1/s1. The third-order valence-corrected chi connectivity index (χ3v) is 11.3. The molecule has 3 saturated heterocycles. The maximum atomic E-state index is 15.0. The summed E-state index contributed by atoms with van der Waals surface area (Å²) in [6.45, 7) is 2.56. The minimum absolute atomic E-state index is 0.0278. The molecule has 0 aliphatic carbocycles. The fourth-order valence-corrected chi connectivity index (χ4v) is 8.53. The highest BCUT2D eigenvalue weighted by atomic mass is 35.5. The van der Waals surface area contributed by atoms with E-state index in [9.17, 15) is 14.4 Å². The predicted octanol–water partition coefficient (Wildman–Crippen LogP) is 4.98. The highest BCUT2D eigenvalue weighted by Crippen LogP contribution is 2.38. The summed E-state index contributed by atoms with van der Waals surface area (Å²) in [5.41, 5.74) is 14.0. The minimum atomic E-state index is -0.962. The van der Waals surface area contributed by atoms with E-state index in [1.807, 2.05) is 84.6 Å². The first kappa shape index (κ1) is 37.2. The van der Waals surface area contributed by atoms with E-state index < -0.39 is 24.3 Å². The van der Waals surface area contributed by atoms with Gasteiger partial charge in [-0.05, 0) is 91.1 Å². The van der Waals surface area contributed by atoms with E-state index >= 15 is 0 Å². The number of halogens is 1. The van der Waals surface area contributed by atoms with Crippen LogP contribution in [0.3, 0.4) is 0 Å². The van der Waals surface area contributed by atoms with Gasteiger partial charge in [-0.1, -0.05) is 84.4 Å². The van der Waals surface area contributed by atoms with E-state index in [4.69, 9.17) is 27.8 Å². The average Bonchev–Trinajstić information content (AvgIpc) is 3.90. The third-order valence-electron chi connectivity index (χ3n) is 10.9. The number of carbonyl (C=O) groups excluding carboxylic acids is 3. The smallest absolute Gasteiger partial charge is 0.247 e. The van der Waals surface area contributed by atoms with Crippen LogP contribution in [0.4, 0.5) is 0 Å². The molecule has 7 rings (SSSR count). The molecule has 3 heterocycles. The number of fused-ring (bicyclic) bond motifs is 2. The number of amides is 3. The first-order valence-corrected chi connectivity index (χ1v) is 19.2. The topological polar surface area (TPSA) is 155 Å². The molecular weight excluding hydrogens is 702 g/mol. The Morgan fingerprint density at radius 1 is 0.963 bits per heavy atom. The summed E-state index contributed by atoms with van der Waals surface area (Å²) in [5, 5.41) is 9.28. The summed E-state index contributed by atoms with van der Waals surface area (Å²) in [6, 6.07) is 27.4. The number of hydrogen-bond acceptors (Lipinski definition) is 6. The van der Waals surface area contributed by atoms with Crippen LogP contribution in [0.2, 0.25) is 5.02 Å². The van der Waals surface area contributed by atoms with Gasteiger partial charge in [0.1, 0.15) is 30.6 Å². The molecule has 0 saturated carbocycles. The number of aliphatic imine (C=N–C) groups is 1. The summed E-state index contributed by atoms with van der Waals surface area (Å²) in [7, 11) is 0. The molecule has 6 atom stereocenters. The molecule has 0 aromatic heterocycles. The van der Waals surface area contributed by atoms with E-state index in [0.717, 1.165) is 39.6 Å². The van der Waals surface area contributed by atoms with Gasteiger partial charge in [0, 0.05) is 24.0 Å². The zero-order valence-electron chi connectivity index (χ0n) is 30.5. The summed E-state index contributed by atoms with van der Waals surface area (Å²) in [5.74, 6) is -0.0151. The second-order valence-corrected chi connectivity index (χ2v) is 15.0. The molecule has 0 radical (unpaired) electrons. The lowest BCUT2D eigenvalue weighted by molar-refractivity contribution is -0.141. The molecule has 5 unspecified atom stereocenters. The van der Waals surface area contributed by atoms with Gasteiger partial charge < -0.3 is 31.3 Å². The van der Waals surface area contributed by atoms with E-state index in [-0.39, 0.29) is 42.2 Å². The molecule has 3 fully saturated rings. The predicted molar refractivity (Wildman–Crippen MR) is 211 cm³/mol. The largest absolute Gasteiger partial charge is 0.491 e. The summed E-state index contributed by atoms with van der Waals surface area (Å²) < 4.78 is 6.29. The minimum Gasteiger partial charge on any atom is -0.491 e. The van der Waals surface area contributed by atoms with Gasteiger partial charge in [0.25, 0.3) is 0 Å². The number of carbonyl (C=O) groups is 3. The van der Waals surface area contributed by atoms with Crippen LogP contribution in [-0.4, -0.2) is 77.0 Å². The van der Waals surface area contributed by atoms with Gasteiger partial charge in [-0.25, -0.2) is 0 Å². The van der Waals surface area contributed by atoms with E-state index in [2.05, 4.69) is 33.8 Å². The molecule has 3 amide bonds. The van der Waals surface area contributed by atoms with Gasteiger partial charge in [0.2, 0.25) is 17.7 Å². The number of ether oxygens (including phenoxy) is 1. The molecule has 4 aromatic carbocycles. The Balaban J connectivity index is 1.13. The third kappa shape index (κ3) is 8.17. The van der Waals surface area contributed by atoms with Crippen molar-refractivity contribution in [2.24, 2.45) is 16.5 Å². The summed E-state index contributed by atoms with van der Waals surface area (Å²) in [4.78, 5) is 51.0. The van der Waals surface area contributed by atoms with Gasteiger partial charge in [-0.15, -0.1) is 0 Å². The van der Waals surface area contributed by atoms with Gasteiger partial charge in [-0.2, -0.15) is 0 Å². The number of rotatable bonds is 13. The van der Waals surface area contributed by atoms with Crippen LogP contribution in [0.15, 0.2) is 96.0 Å². The molecule has 0 spiro atoms. The highest BCUT2D eigenvalue weighted by molar-refractivity contribution is 6.31. The number of hydrogen-bond donors (Lipinski definition) is 4. The molecule has 282 valence electrons. The zero-order valence-corrected chi connectivity index (χ0v) is 31.3. The van der Waals surface area contributed by atoms with Crippen LogP contribution in [-0.2, 0) is 20.8 Å². The maximum absolute atomic E-state index is 15.0. The van der Waals surface area contributed by atoms with Crippen molar-refractivity contribution in [3.63, 3.8) is 0 Å². The number of nitrogens with zero attached hydrogens (tertiary/aromatic N) is 3. The Labute approximate surface area is 321 Å². The lowest BCUT2D eigenvalue weighted by Gasteiger charge is -2.32. The maximum Gasteiger partial charge on any atom is 0.247 e. The van der Waals surface area contributed by atoms with Crippen LogP contribution in [0.5, 0.6) is 5.75 Å². The van der Waals surface area contributed by atoms with Crippen LogP contribution in [0, 0.1) is 6.92 Å². The Morgan fingerprint density at radius 2 is 1.74 bits per heavy atom. The van der Waals surface area contributed by atoms with Crippen molar-refractivity contribution in [1.82, 2.24) is 20.4 Å². The Hall–Kier alpha value is -5.13. The second kappa shape index (κ2) is 16.5. The SMILES string of the molecule is Cc1ccc(C[C@@H](NC(=O)C2CCC(c3ccccc3)N2)C(=O)N2C(CCCN=C(N)N)C(=O)N3C(COc4ccc5ccccc5c4)CCC32)c(Cl)c1. The molecule has 12 heteroatoms. The molecule has 3 aliphatic rings. The zero-order chi connectivity index (χ0) is 37.8. The highest BCUT2D eigenvalue weighted by Gasteiger charge is 2.54. The van der Waals surface area contributed by atoms with E-state index in [1.165, 1.54) is 0 Å². The second-order valence-electron chi connectivity index (χ2n) is 14.6. The lowest BCUT2D eigenvalue weighted by Crippen LogP contribution is -2.56. The van der Waals surface area contributed by atoms with Crippen LogP contribution in [0.1, 0.15) is 61.3 Å². The van der Waals surface area contributed by atoms with Gasteiger partial charge in [0.05, 0.1) is 12.1 Å². The number of guanidine groups is 1. The fraction of sp³-hybridized carbons (Fsp3) is 0.381. The number of nitrogens with one attached hydrogen (secondary N) is 2. The van der Waals surface area contributed by atoms with Crippen LogP contribution < -0.4 is 26.8 Å². The number of aryl methyl sites for hydroxylation is 1. The molecule has 4 aromatic rings. The molecule has 0 bridgehead atoms. The van der Waals surface area contributed by atoms with Crippen molar-refractivity contribution in [3.8, 4) is 5.75 Å². The fourth-order valence-electron chi connectivity index (χ4n) is 8.22.